The maximum atomic E-state index is 2.48. The highest BCUT2D eigenvalue weighted by Gasteiger charge is 2.35. The maximum Gasteiger partial charge on any atom is -0.0344 e. The van der Waals surface area contributed by atoms with Crippen molar-refractivity contribution in [1.82, 2.24) is 0 Å². The Morgan fingerprint density at radius 1 is 0.650 bits per heavy atom. The van der Waals surface area contributed by atoms with Gasteiger partial charge < -0.3 is 0 Å². The quantitative estimate of drug-likeness (QED) is 0.478. The van der Waals surface area contributed by atoms with E-state index >= 15 is 0 Å². The molecule has 0 aromatic rings. The highest BCUT2D eigenvalue weighted by molar-refractivity contribution is 4.86. The topological polar surface area (TPSA) is 0 Å². The molecular formula is C20H42. The molecule has 0 spiro atoms. The Kier molecular flexibility index (Phi) is 6.41. The molecule has 0 nitrogen and oxygen atoms in total. The third kappa shape index (κ3) is 8.32. The summed E-state index contributed by atoms with van der Waals surface area (Å²) in [5.41, 5.74) is 1.72. The van der Waals surface area contributed by atoms with Crippen LogP contribution in [-0.4, -0.2) is 0 Å². The lowest BCUT2D eigenvalue weighted by Gasteiger charge is -2.42. The zero-order valence-corrected chi connectivity index (χ0v) is 16.4. The summed E-state index contributed by atoms with van der Waals surface area (Å²) < 4.78 is 0. The second-order valence-corrected chi connectivity index (χ2v) is 10.9. The summed E-state index contributed by atoms with van der Waals surface area (Å²) in [5, 5.41) is 0. The molecule has 0 heteroatoms. The van der Waals surface area contributed by atoms with Gasteiger partial charge in [0.25, 0.3) is 0 Å². The fourth-order valence-corrected chi connectivity index (χ4v) is 4.60. The van der Waals surface area contributed by atoms with Crippen molar-refractivity contribution in [2.45, 2.75) is 102 Å². The predicted octanol–water partition coefficient (Wildman–Crippen LogP) is 7.33. The first-order valence-corrected chi connectivity index (χ1v) is 8.58. The first-order valence-electron chi connectivity index (χ1n) is 8.58. The van der Waals surface area contributed by atoms with Crippen LogP contribution in [0.3, 0.4) is 0 Å². The lowest BCUT2D eigenvalue weighted by Crippen LogP contribution is -2.31. The molecule has 0 N–H and O–H groups in total. The Bertz CT molecular complexity index is 280. The van der Waals surface area contributed by atoms with Crippen molar-refractivity contribution < 1.29 is 0 Å². The van der Waals surface area contributed by atoms with E-state index in [2.05, 4.69) is 76.2 Å². The molecule has 0 radical (unpaired) electrons. The van der Waals surface area contributed by atoms with E-state index in [-0.39, 0.29) is 0 Å². The smallest absolute Gasteiger partial charge is 0.0344 e. The molecule has 0 saturated carbocycles. The lowest BCUT2D eigenvalue weighted by atomic mass is 9.63. The Morgan fingerprint density at radius 2 is 1.10 bits per heavy atom. The average molecular weight is 283 g/mol. The zero-order chi connectivity index (χ0) is 16.4. The van der Waals surface area contributed by atoms with Gasteiger partial charge in [-0.3, -0.25) is 0 Å². The first kappa shape index (κ1) is 20.0. The van der Waals surface area contributed by atoms with Crippen LogP contribution < -0.4 is 0 Å². The summed E-state index contributed by atoms with van der Waals surface area (Å²) in [7, 11) is 0. The van der Waals surface area contributed by atoms with Gasteiger partial charge in [0.1, 0.15) is 0 Å². The van der Waals surface area contributed by atoms with Gasteiger partial charge in [0.15, 0.2) is 0 Å². The van der Waals surface area contributed by atoms with Gasteiger partial charge in [-0.25, -0.2) is 0 Å². The molecule has 0 fully saturated rings. The normalized spacial score (nSPS) is 16.4. The van der Waals surface area contributed by atoms with Crippen LogP contribution in [0.25, 0.3) is 0 Å². The van der Waals surface area contributed by atoms with Gasteiger partial charge in [0.2, 0.25) is 0 Å². The molecule has 1 atom stereocenters. The summed E-state index contributed by atoms with van der Waals surface area (Å²) in [5.74, 6) is 0.822. The summed E-state index contributed by atoms with van der Waals surface area (Å²) in [4.78, 5) is 0. The standard InChI is InChI=1S/C20H42/c1-12-16(18(5,6)7)13-19(8,9)15-20(10,11)14-17(2,3)4/h16H,12-15H2,1-11H3. The minimum atomic E-state index is 0.424. The first-order chi connectivity index (χ1) is 8.58. The van der Waals surface area contributed by atoms with E-state index < -0.39 is 0 Å². The van der Waals surface area contributed by atoms with Crippen molar-refractivity contribution in [3.8, 4) is 0 Å². The van der Waals surface area contributed by atoms with E-state index in [9.17, 15) is 0 Å². The molecule has 0 saturated heterocycles. The highest BCUT2D eigenvalue weighted by atomic mass is 14.4. The number of rotatable bonds is 6. The summed E-state index contributed by atoms with van der Waals surface area (Å²) in [6, 6.07) is 0. The van der Waals surface area contributed by atoms with Crippen LogP contribution in [0.4, 0.5) is 0 Å². The molecule has 122 valence electrons. The van der Waals surface area contributed by atoms with Gasteiger partial charge >= 0.3 is 0 Å². The Balaban J connectivity index is 4.81. The van der Waals surface area contributed by atoms with Crippen LogP contribution in [0.15, 0.2) is 0 Å². The SMILES string of the molecule is CCC(CC(C)(C)CC(C)(C)CC(C)(C)C)C(C)(C)C. The number of hydrogen-bond donors (Lipinski definition) is 0. The van der Waals surface area contributed by atoms with Gasteiger partial charge in [0.05, 0.1) is 0 Å². The van der Waals surface area contributed by atoms with Gasteiger partial charge in [0, 0.05) is 0 Å². The Morgan fingerprint density at radius 3 is 1.40 bits per heavy atom. The van der Waals surface area contributed by atoms with Crippen molar-refractivity contribution in [3.05, 3.63) is 0 Å². The van der Waals surface area contributed by atoms with E-state index in [1.54, 1.807) is 0 Å². The van der Waals surface area contributed by atoms with E-state index in [1.807, 2.05) is 0 Å². The molecule has 0 aromatic carbocycles. The molecule has 0 heterocycles. The second-order valence-electron chi connectivity index (χ2n) is 10.9. The highest BCUT2D eigenvalue weighted by Crippen LogP contribution is 2.46. The van der Waals surface area contributed by atoms with Crippen LogP contribution in [0.1, 0.15) is 102 Å². The molecule has 0 aliphatic heterocycles. The van der Waals surface area contributed by atoms with Gasteiger partial charge in [-0.2, -0.15) is 0 Å². The van der Waals surface area contributed by atoms with Crippen molar-refractivity contribution in [3.63, 3.8) is 0 Å². The maximum absolute atomic E-state index is 2.48. The van der Waals surface area contributed by atoms with Gasteiger partial charge in [-0.15, -0.1) is 0 Å². The number of hydrogen-bond acceptors (Lipinski definition) is 0. The van der Waals surface area contributed by atoms with Crippen LogP contribution in [0, 0.1) is 27.6 Å². The molecule has 20 heavy (non-hydrogen) atoms. The van der Waals surface area contributed by atoms with Gasteiger partial charge in [-0.1, -0.05) is 82.6 Å². The zero-order valence-electron chi connectivity index (χ0n) is 16.4. The molecule has 0 aliphatic carbocycles. The monoisotopic (exact) mass is 282 g/mol. The van der Waals surface area contributed by atoms with Crippen LogP contribution in [0.5, 0.6) is 0 Å². The largest absolute Gasteiger partial charge is 0.0651 e. The third-order valence-corrected chi connectivity index (χ3v) is 4.48. The molecule has 1 unspecified atom stereocenters. The minimum absolute atomic E-state index is 0.424. The fraction of sp³-hybridized carbons (Fsp3) is 1.00. The average Bonchev–Trinajstić information content (AvgIpc) is 2.05. The van der Waals surface area contributed by atoms with Crippen molar-refractivity contribution in [2.75, 3.05) is 0 Å². The van der Waals surface area contributed by atoms with E-state index in [0.29, 0.717) is 21.7 Å². The van der Waals surface area contributed by atoms with E-state index in [4.69, 9.17) is 0 Å². The Labute approximate surface area is 130 Å². The Hall–Kier alpha value is 0. The van der Waals surface area contributed by atoms with Crippen molar-refractivity contribution >= 4 is 0 Å². The third-order valence-electron chi connectivity index (χ3n) is 4.48. The van der Waals surface area contributed by atoms with Crippen LogP contribution in [-0.2, 0) is 0 Å². The molecule has 0 amide bonds. The van der Waals surface area contributed by atoms with E-state index in [1.165, 1.54) is 25.7 Å². The predicted molar refractivity (Wildman–Crippen MR) is 94.1 cm³/mol. The van der Waals surface area contributed by atoms with Crippen molar-refractivity contribution in [2.24, 2.45) is 27.6 Å². The lowest BCUT2D eigenvalue weighted by molar-refractivity contribution is 0.0850. The summed E-state index contributed by atoms with van der Waals surface area (Å²) in [6.45, 7) is 26.5. The van der Waals surface area contributed by atoms with Crippen LogP contribution in [0.2, 0.25) is 0 Å². The molecule has 0 rings (SSSR count). The molecule has 0 bridgehead atoms. The minimum Gasteiger partial charge on any atom is -0.0651 e. The molecular weight excluding hydrogens is 240 g/mol. The van der Waals surface area contributed by atoms with Gasteiger partial charge in [-0.05, 0) is 46.8 Å². The van der Waals surface area contributed by atoms with Crippen LogP contribution >= 0.6 is 0 Å². The summed E-state index contributed by atoms with van der Waals surface area (Å²) >= 11 is 0. The molecule has 0 aliphatic rings. The summed E-state index contributed by atoms with van der Waals surface area (Å²) in [6.07, 6.45) is 5.27. The van der Waals surface area contributed by atoms with Crippen molar-refractivity contribution in [1.29, 1.82) is 0 Å². The molecule has 0 aromatic heterocycles. The second kappa shape index (κ2) is 6.41. The fourth-order valence-electron chi connectivity index (χ4n) is 4.60. The van der Waals surface area contributed by atoms with E-state index in [0.717, 1.165) is 5.92 Å².